The highest BCUT2D eigenvalue weighted by atomic mass is 35.5. The number of rotatable bonds is 5. The van der Waals surface area contributed by atoms with Crippen molar-refractivity contribution in [1.29, 1.82) is 0 Å². The highest BCUT2D eigenvalue weighted by molar-refractivity contribution is 6.30. The first-order valence-electron chi connectivity index (χ1n) is 6.24. The van der Waals surface area contributed by atoms with E-state index in [1.54, 1.807) is 48.5 Å². The third-order valence-corrected chi connectivity index (χ3v) is 2.96. The van der Waals surface area contributed by atoms with Gasteiger partial charge in [-0.05, 0) is 61.0 Å². The molecule has 0 N–H and O–H groups in total. The van der Waals surface area contributed by atoms with Gasteiger partial charge in [0.15, 0.2) is 5.78 Å². The third-order valence-electron chi connectivity index (χ3n) is 2.71. The van der Waals surface area contributed by atoms with Crippen LogP contribution >= 0.6 is 11.6 Å². The second kappa shape index (κ2) is 6.40. The van der Waals surface area contributed by atoms with Gasteiger partial charge in [0, 0.05) is 16.1 Å². The Morgan fingerprint density at radius 3 is 2.05 bits per heavy atom. The number of carbonyl (C=O) groups excluding carboxylic acids is 1. The second-order valence-electron chi connectivity index (χ2n) is 4.61. The highest BCUT2D eigenvalue weighted by Gasteiger charge is 2.08. The van der Waals surface area contributed by atoms with Crippen molar-refractivity contribution in [2.45, 2.75) is 6.92 Å². The van der Waals surface area contributed by atoms with Gasteiger partial charge >= 0.3 is 0 Å². The number of halogens is 1. The minimum absolute atomic E-state index is 0.0342. The zero-order valence-electron chi connectivity index (χ0n) is 11.2. The molecule has 2 aromatic carbocycles. The summed E-state index contributed by atoms with van der Waals surface area (Å²) in [5.74, 6) is 0.689. The Morgan fingerprint density at radius 1 is 1.05 bits per heavy atom. The number of ether oxygens (including phenoxy) is 1. The van der Waals surface area contributed by atoms with Crippen LogP contribution in [0.15, 0.2) is 60.7 Å². The molecule has 0 heterocycles. The van der Waals surface area contributed by atoms with E-state index in [0.717, 1.165) is 11.3 Å². The normalized spacial score (nSPS) is 10.1. The highest BCUT2D eigenvalue weighted by Crippen LogP contribution is 2.17. The van der Waals surface area contributed by atoms with E-state index in [4.69, 9.17) is 16.3 Å². The molecule has 0 bridgehead atoms. The van der Waals surface area contributed by atoms with E-state index in [1.165, 1.54) is 0 Å². The summed E-state index contributed by atoms with van der Waals surface area (Å²) in [7, 11) is 0. The molecular formula is C17H15ClO2. The van der Waals surface area contributed by atoms with Gasteiger partial charge in [0.25, 0.3) is 0 Å². The predicted molar refractivity (Wildman–Crippen MR) is 81.6 cm³/mol. The Kier molecular flexibility index (Phi) is 4.59. The van der Waals surface area contributed by atoms with E-state index in [2.05, 4.69) is 6.58 Å². The van der Waals surface area contributed by atoms with Gasteiger partial charge in [0.05, 0.1) is 0 Å². The Hall–Kier alpha value is -2.06. The summed E-state index contributed by atoms with van der Waals surface area (Å²) in [4.78, 5) is 12.2. The number of hydrogen-bond acceptors (Lipinski definition) is 2. The van der Waals surface area contributed by atoms with Crippen LogP contribution < -0.4 is 4.74 Å². The van der Waals surface area contributed by atoms with Gasteiger partial charge in [-0.2, -0.15) is 0 Å². The molecule has 2 nitrogen and oxygen atoms in total. The van der Waals surface area contributed by atoms with E-state index in [0.29, 0.717) is 22.8 Å². The van der Waals surface area contributed by atoms with Crippen LogP contribution in [0, 0.1) is 0 Å². The smallest absolute Gasteiger partial charge is 0.193 e. The van der Waals surface area contributed by atoms with Gasteiger partial charge in [-0.25, -0.2) is 0 Å². The number of benzene rings is 2. The first kappa shape index (κ1) is 14.4. The van der Waals surface area contributed by atoms with Gasteiger partial charge in [-0.3, -0.25) is 4.79 Å². The molecule has 0 atom stereocenters. The van der Waals surface area contributed by atoms with Crippen LogP contribution in [0.2, 0.25) is 5.02 Å². The Balaban J connectivity index is 2.11. The first-order valence-corrected chi connectivity index (χ1v) is 6.61. The van der Waals surface area contributed by atoms with E-state index >= 15 is 0 Å². The molecule has 3 heteroatoms. The molecular weight excluding hydrogens is 272 g/mol. The summed E-state index contributed by atoms with van der Waals surface area (Å²) in [6.45, 7) is 6.15. The number of hydrogen-bond donors (Lipinski definition) is 0. The maximum atomic E-state index is 12.2. The fraction of sp³-hybridized carbons (Fsp3) is 0.118. The molecule has 0 unspecified atom stereocenters. The lowest BCUT2D eigenvalue weighted by Crippen LogP contribution is -2.02. The van der Waals surface area contributed by atoms with E-state index < -0.39 is 0 Å². The number of ketones is 1. The Labute approximate surface area is 123 Å². The van der Waals surface area contributed by atoms with E-state index in [-0.39, 0.29) is 5.78 Å². The molecule has 20 heavy (non-hydrogen) atoms. The minimum Gasteiger partial charge on any atom is -0.489 e. The van der Waals surface area contributed by atoms with Crippen LogP contribution in [-0.4, -0.2) is 12.4 Å². The lowest BCUT2D eigenvalue weighted by molar-refractivity contribution is 0.103. The topological polar surface area (TPSA) is 26.3 Å². The number of carbonyl (C=O) groups is 1. The molecule has 0 fully saturated rings. The molecule has 2 rings (SSSR count). The molecule has 0 aromatic heterocycles. The van der Waals surface area contributed by atoms with Crippen LogP contribution in [0.4, 0.5) is 0 Å². The van der Waals surface area contributed by atoms with E-state index in [9.17, 15) is 4.79 Å². The van der Waals surface area contributed by atoms with E-state index in [1.807, 2.05) is 6.92 Å². The maximum Gasteiger partial charge on any atom is 0.193 e. The minimum atomic E-state index is -0.0342. The van der Waals surface area contributed by atoms with Crippen molar-refractivity contribution in [2.24, 2.45) is 0 Å². The lowest BCUT2D eigenvalue weighted by atomic mass is 10.0. The second-order valence-corrected chi connectivity index (χ2v) is 5.04. The summed E-state index contributed by atoms with van der Waals surface area (Å²) < 4.78 is 5.50. The zero-order chi connectivity index (χ0) is 14.5. The molecule has 0 aliphatic rings. The monoisotopic (exact) mass is 286 g/mol. The van der Waals surface area contributed by atoms with Gasteiger partial charge in [-0.1, -0.05) is 18.2 Å². The van der Waals surface area contributed by atoms with Crippen LogP contribution in [-0.2, 0) is 0 Å². The molecule has 0 amide bonds. The quantitative estimate of drug-likeness (QED) is 0.596. The van der Waals surface area contributed by atoms with Gasteiger partial charge in [0.2, 0.25) is 0 Å². The average molecular weight is 287 g/mol. The van der Waals surface area contributed by atoms with Crippen molar-refractivity contribution < 1.29 is 9.53 Å². The average Bonchev–Trinajstić information content (AvgIpc) is 2.46. The molecule has 0 aliphatic heterocycles. The van der Waals surface area contributed by atoms with Crippen LogP contribution in [0.1, 0.15) is 22.8 Å². The molecule has 2 aromatic rings. The van der Waals surface area contributed by atoms with Crippen LogP contribution in [0.3, 0.4) is 0 Å². The molecule has 0 spiro atoms. The summed E-state index contributed by atoms with van der Waals surface area (Å²) in [5, 5.41) is 0.616. The maximum absolute atomic E-state index is 12.2. The fourth-order valence-corrected chi connectivity index (χ4v) is 1.80. The van der Waals surface area contributed by atoms with Crippen molar-refractivity contribution in [3.05, 3.63) is 76.8 Å². The molecule has 0 saturated carbocycles. The standard InChI is InChI=1S/C17H15ClO2/c1-12(2)11-20-16-9-5-14(6-10-16)17(19)13-3-7-15(18)8-4-13/h3-10H,1,11H2,2H3. The molecule has 102 valence electrons. The summed E-state index contributed by atoms with van der Waals surface area (Å²) >= 11 is 5.81. The van der Waals surface area contributed by atoms with Crippen molar-refractivity contribution in [3.8, 4) is 5.75 Å². The molecule has 0 saturated heterocycles. The molecule has 0 radical (unpaired) electrons. The summed E-state index contributed by atoms with van der Waals surface area (Å²) in [6.07, 6.45) is 0. The largest absolute Gasteiger partial charge is 0.489 e. The van der Waals surface area contributed by atoms with Crippen molar-refractivity contribution in [1.82, 2.24) is 0 Å². The fourth-order valence-electron chi connectivity index (χ4n) is 1.68. The van der Waals surface area contributed by atoms with Gasteiger partial charge < -0.3 is 4.74 Å². The van der Waals surface area contributed by atoms with Gasteiger partial charge in [0.1, 0.15) is 12.4 Å². The Bertz CT molecular complexity index is 612. The van der Waals surface area contributed by atoms with Crippen molar-refractivity contribution in [2.75, 3.05) is 6.61 Å². The Morgan fingerprint density at radius 2 is 1.55 bits per heavy atom. The van der Waals surface area contributed by atoms with Crippen molar-refractivity contribution >= 4 is 17.4 Å². The zero-order valence-corrected chi connectivity index (χ0v) is 12.0. The van der Waals surface area contributed by atoms with Crippen molar-refractivity contribution in [3.63, 3.8) is 0 Å². The third kappa shape index (κ3) is 3.72. The SMILES string of the molecule is C=C(C)COc1ccc(C(=O)c2ccc(Cl)cc2)cc1. The van der Waals surface area contributed by atoms with Gasteiger partial charge in [-0.15, -0.1) is 0 Å². The van der Waals surface area contributed by atoms with Crippen LogP contribution in [0.5, 0.6) is 5.75 Å². The van der Waals surface area contributed by atoms with Crippen LogP contribution in [0.25, 0.3) is 0 Å². The summed E-state index contributed by atoms with van der Waals surface area (Å²) in [5.41, 5.74) is 2.19. The summed E-state index contributed by atoms with van der Waals surface area (Å²) in [6, 6.07) is 13.9. The predicted octanol–water partition coefficient (Wildman–Crippen LogP) is 4.53. The lowest BCUT2D eigenvalue weighted by Gasteiger charge is -2.06. The molecule has 0 aliphatic carbocycles. The first-order chi connectivity index (χ1) is 9.56.